The molecule has 0 aromatic heterocycles. The molecule has 1 saturated heterocycles. The van der Waals surface area contributed by atoms with Crippen molar-refractivity contribution in [2.24, 2.45) is 5.92 Å². The molecule has 0 saturated carbocycles. The molecule has 2 heterocycles. The Morgan fingerprint density at radius 3 is 2.35 bits per heavy atom. The maximum absolute atomic E-state index is 14.4. The van der Waals surface area contributed by atoms with Gasteiger partial charge < -0.3 is 29.3 Å². The van der Waals surface area contributed by atoms with Crippen molar-refractivity contribution in [3.05, 3.63) is 59.7 Å². The van der Waals surface area contributed by atoms with Crippen LogP contribution in [0, 0.1) is 11.7 Å². The Kier molecular flexibility index (Phi) is 8.96. The molecule has 2 aliphatic rings. The number of benzene rings is 1. The highest BCUT2D eigenvalue weighted by Gasteiger charge is 2.30. The highest BCUT2D eigenvalue weighted by Crippen LogP contribution is 2.34. The van der Waals surface area contributed by atoms with E-state index in [2.05, 4.69) is 5.32 Å². The summed E-state index contributed by atoms with van der Waals surface area (Å²) in [7, 11) is 2.42. The number of piperidine rings is 1. The molecule has 37 heavy (non-hydrogen) atoms. The van der Waals surface area contributed by atoms with E-state index in [4.69, 9.17) is 14.2 Å². The number of esters is 2. The first kappa shape index (κ1) is 27.8. The molecule has 1 aromatic rings. The van der Waals surface area contributed by atoms with Crippen LogP contribution in [-0.2, 0) is 23.8 Å². The number of carbonyl (C=O) groups excluding carboxylic acids is 3. The summed E-state index contributed by atoms with van der Waals surface area (Å²) < 4.78 is 29.6. The molecule has 0 radical (unpaired) electrons. The van der Waals surface area contributed by atoms with Gasteiger partial charge in [-0.1, -0.05) is 6.08 Å². The summed E-state index contributed by atoms with van der Waals surface area (Å²) in [6.07, 6.45) is 7.44. The molecule has 0 unspecified atom stereocenters. The van der Waals surface area contributed by atoms with Gasteiger partial charge in [-0.05, 0) is 69.9 Å². The van der Waals surface area contributed by atoms with Gasteiger partial charge in [-0.25, -0.2) is 18.8 Å². The maximum atomic E-state index is 14.4. The zero-order valence-corrected chi connectivity index (χ0v) is 21.9. The number of halogens is 1. The number of hydrogen-bond acceptors (Lipinski definition) is 8. The van der Waals surface area contributed by atoms with E-state index in [-0.39, 0.29) is 23.3 Å². The van der Waals surface area contributed by atoms with Crippen molar-refractivity contribution in [1.29, 1.82) is 0 Å². The smallest absolute Gasteiger partial charge is 0.410 e. The number of nitrogens with zero attached hydrogens (tertiary/aromatic N) is 2. The Morgan fingerprint density at radius 2 is 1.73 bits per heavy atom. The molecule has 3 rings (SSSR count). The Bertz CT molecular complexity index is 1110. The second-order valence-corrected chi connectivity index (χ2v) is 9.77. The van der Waals surface area contributed by atoms with E-state index in [0.717, 1.165) is 12.8 Å². The molecule has 1 fully saturated rings. The molecule has 0 bridgehead atoms. The van der Waals surface area contributed by atoms with Gasteiger partial charge in [0.2, 0.25) is 0 Å². The van der Waals surface area contributed by atoms with Crippen LogP contribution in [0.25, 0.3) is 0 Å². The van der Waals surface area contributed by atoms with E-state index in [9.17, 15) is 18.8 Å². The van der Waals surface area contributed by atoms with E-state index >= 15 is 0 Å². The van der Waals surface area contributed by atoms with Gasteiger partial charge in [-0.2, -0.15) is 0 Å². The van der Waals surface area contributed by atoms with Gasteiger partial charge in [-0.15, -0.1) is 0 Å². The summed E-state index contributed by atoms with van der Waals surface area (Å²) in [6.45, 7) is 7.24. The molecule has 0 aliphatic carbocycles. The van der Waals surface area contributed by atoms with Crippen molar-refractivity contribution in [3.8, 4) is 0 Å². The molecule has 0 atom stereocenters. The van der Waals surface area contributed by atoms with Crippen LogP contribution in [0.3, 0.4) is 0 Å². The molecule has 200 valence electrons. The predicted molar refractivity (Wildman–Crippen MR) is 137 cm³/mol. The summed E-state index contributed by atoms with van der Waals surface area (Å²) in [6, 6.07) is 4.18. The number of amides is 1. The van der Waals surface area contributed by atoms with Gasteiger partial charge >= 0.3 is 18.0 Å². The fourth-order valence-electron chi connectivity index (χ4n) is 4.11. The first-order valence-electron chi connectivity index (χ1n) is 12.1. The Balaban J connectivity index is 1.80. The largest absolute Gasteiger partial charge is 0.465 e. The van der Waals surface area contributed by atoms with E-state index in [0.29, 0.717) is 31.0 Å². The van der Waals surface area contributed by atoms with Crippen LogP contribution in [0.4, 0.5) is 20.6 Å². The molecule has 1 amide bonds. The van der Waals surface area contributed by atoms with Crippen molar-refractivity contribution in [2.75, 3.05) is 44.1 Å². The summed E-state index contributed by atoms with van der Waals surface area (Å²) >= 11 is 0. The van der Waals surface area contributed by atoms with E-state index < -0.39 is 23.4 Å². The first-order valence-corrected chi connectivity index (χ1v) is 12.1. The molecule has 9 nitrogen and oxygen atoms in total. The van der Waals surface area contributed by atoms with E-state index in [1.807, 2.05) is 20.8 Å². The van der Waals surface area contributed by atoms with Gasteiger partial charge in [0.15, 0.2) is 0 Å². The van der Waals surface area contributed by atoms with Gasteiger partial charge in [0.05, 0.1) is 31.2 Å². The van der Waals surface area contributed by atoms with Gasteiger partial charge in [0.1, 0.15) is 17.1 Å². The van der Waals surface area contributed by atoms with Crippen LogP contribution in [0.2, 0.25) is 0 Å². The lowest BCUT2D eigenvalue weighted by molar-refractivity contribution is -0.139. The maximum Gasteiger partial charge on any atom is 0.410 e. The SMILES string of the molecule is COC(=O)C1=C(C(=O)OC)N(c2cc(F)ccc2NCC2CCN(C(=O)OC(C)(C)C)CC2)C=CC=C1. The van der Waals surface area contributed by atoms with Gasteiger partial charge in [0.25, 0.3) is 0 Å². The summed E-state index contributed by atoms with van der Waals surface area (Å²) in [4.78, 5) is 40.7. The summed E-state index contributed by atoms with van der Waals surface area (Å²) in [5.74, 6) is -1.76. The number of anilines is 2. The standard InChI is InChI=1S/C27H34FN3O6/c1-27(2,3)37-26(34)30-14-11-18(12-15-30)17-29-21-10-9-19(28)16-22(21)31-13-7-6-8-20(24(32)35-4)23(31)25(33)36-5/h6-10,13,16,18,29H,11-12,14-15,17H2,1-5H3. The van der Waals surface area contributed by atoms with Crippen molar-refractivity contribution in [1.82, 2.24) is 4.90 Å². The lowest BCUT2D eigenvalue weighted by Crippen LogP contribution is -2.42. The quantitative estimate of drug-likeness (QED) is 0.441. The van der Waals surface area contributed by atoms with Crippen LogP contribution in [0.5, 0.6) is 0 Å². The van der Waals surface area contributed by atoms with E-state index in [1.165, 1.54) is 37.3 Å². The number of hydrogen-bond donors (Lipinski definition) is 1. The summed E-state index contributed by atoms with van der Waals surface area (Å²) in [5, 5.41) is 3.36. The highest BCUT2D eigenvalue weighted by molar-refractivity contribution is 6.06. The lowest BCUT2D eigenvalue weighted by atomic mass is 9.97. The molecular weight excluding hydrogens is 481 g/mol. The Morgan fingerprint density at radius 1 is 1.05 bits per heavy atom. The van der Waals surface area contributed by atoms with Crippen LogP contribution in [0.15, 0.2) is 53.9 Å². The third-order valence-electron chi connectivity index (χ3n) is 5.96. The Hall–Kier alpha value is -3.82. The average Bonchev–Trinajstić information content (AvgIpc) is 3.09. The van der Waals surface area contributed by atoms with E-state index in [1.54, 1.807) is 29.3 Å². The monoisotopic (exact) mass is 515 g/mol. The van der Waals surface area contributed by atoms with Gasteiger partial charge in [-0.3, -0.25) is 0 Å². The van der Waals surface area contributed by atoms with Crippen molar-refractivity contribution >= 4 is 29.4 Å². The minimum atomic E-state index is -0.777. The zero-order valence-electron chi connectivity index (χ0n) is 21.9. The highest BCUT2D eigenvalue weighted by atomic mass is 19.1. The normalized spacial score (nSPS) is 16.4. The Labute approximate surface area is 216 Å². The van der Waals surface area contributed by atoms with Crippen LogP contribution in [-0.4, -0.2) is 62.4 Å². The third kappa shape index (κ3) is 7.12. The van der Waals surface area contributed by atoms with Crippen molar-refractivity contribution < 1.29 is 33.0 Å². The fourth-order valence-corrected chi connectivity index (χ4v) is 4.11. The second-order valence-electron chi connectivity index (χ2n) is 9.77. The number of ether oxygens (including phenoxy) is 3. The van der Waals surface area contributed by atoms with Crippen molar-refractivity contribution in [2.45, 2.75) is 39.2 Å². The third-order valence-corrected chi connectivity index (χ3v) is 5.96. The number of allylic oxidation sites excluding steroid dienone is 2. The number of carbonyl (C=O) groups is 3. The number of likely N-dealkylation sites (tertiary alicyclic amines) is 1. The molecule has 2 aliphatic heterocycles. The minimum absolute atomic E-state index is 0.0240. The zero-order chi connectivity index (χ0) is 27.2. The molecule has 10 heteroatoms. The van der Waals surface area contributed by atoms with Crippen LogP contribution < -0.4 is 10.2 Å². The first-order chi connectivity index (χ1) is 17.5. The van der Waals surface area contributed by atoms with Crippen LogP contribution >= 0.6 is 0 Å². The molecular formula is C27H34FN3O6. The summed E-state index contributed by atoms with van der Waals surface area (Å²) in [5.41, 5.74) is 0.223. The molecule has 1 N–H and O–H groups in total. The average molecular weight is 516 g/mol. The topological polar surface area (TPSA) is 97.4 Å². The number of nitrogens with one attached hydrogen (secondary N) is 1. The number of methoxy groups -OCH3 is 2. The molecule has 1 aromatic carbocycles. The molecule has 0 spiro atoms. The second kappa shape index (κ2) is 11.9. The van der Waals surface area contributed by atoms with Crippen molar-refractivity contribution in [3.63, 3.8) is 0 Å². The van der Waals surface area contributed by atoms with Gasteiger partial charge in [0, 0.05) is 25.8 Å². The predicted octanol–water partition coefficient (Wildman–Crippen LogP) is 4.37. The minimum Gasteiger partial charge on any atom is -0.465 e. The number of rotatable bonds is 6. The lowest BCUT2D eigenvalue weighted by Gasteiger charge is -2.34. The van der Waals surface area contributed by atoms with Crippen LogP contribution in [0.1, 0.15) is 33.6 Å². The fraction of sp³-hybridized carbons (Fsp3) is 0.444.